The predicted octanol–water partition coefficient (Wildman–Crippen LogP) is -21.2. The summed E-state index contributed by atoms with van der Waals surface area (Å²) in [7, 11) is 0. The van der Waals surface area contributed by atoms with Gasteiger partial charge >= 0.3 is 0 Å². The van der Waals surface area contributed by atoms with Gasteiger partial charge in [0.05, 0.1) is 65.6 Å². The van der Waals surface area contributed by atoms with Gasteiger partial charge in [0, 0.05) is 27.7 Å². The number of rotatable bonds is 31. The third-order valence-electron chi connectivity index (χ3n) is 22.4. The van der Waals surface area contributed by atoms with Crippen molar-refractivity contribution in [2.24, 2.45) is 0 Å². The van der Waals surface area contributed by atoms with Gasteiger partial charge in [0.1, 0.15) is 238 Å². The molecule has 10 heterocycles. The van der Waals surface area contributed by atoms with E-state index in [2.05, 4.69) is 21.3 Å². The number of ether oxygens (including phenoxy) is 19. The van der Waals surface area contributed by atoms with Gasteiger partial charge in [-0.1, -0.05) is 0 Å². The molecule has 0 saturated carbocycles. The smallest absolute Gasteiger partial charge is 0.217 e. The second-order valence-corrected chi connectivity index (χ2v) is 31.0. The van der Waals surface area contributed by atoms with E-state index in [4.69, 9.17) is 90.0 Å². The quantitative estimate of drug-likeness (QED) is 0.0306. The van der Waals surface area contributed by atoms with Crippen LogP contribution in [0.2, 0.25) is 0 Å². The summed E-state index contributed by atoms with van der Waals surface area (Å²) >= 11 is 0. The Bertz CT molecular complexity index is 3290. The zero-order valence-corrected chi connectivity index (χ0v) is 65.7. The third-order valence-corrected chi connectivity index (χ3v) is 22.4. The molecule has 10 rings (SSSR count). The largest absolute Gasteiger partial charge is 0.394 e. The summed E-state index contributed by atoms with van der Waals surface area (Å²) in [4.78, 5) is 51.4. The second-order valence-electron chi connectivity index (χ2n) is 31.0. The summed E-state index contributed by atoms with van der Waals surface area (Å²) in [6.07, 6.45) is -95.7. The molecule has 50 atom stereocenters. The highest BCUT2D eigenvalue weighted by atomic mass is 16.8. The minimum absolute atomic E-state index is 0.799. The normalized spacial score (nSPS) is 49.7. The van der Waals surface area contributed by atoms with Gasteiger partial charge in [-0.3, -0.25) is 19.2 Å². The van der Waals surface area contributed by atoms with Crippen LogP contribution in [0.3, 0.4) is 0 Å². The van der Waals surface area contributed by atoms with Crippen LogP contribution in [0, 0.1) is 0 Å². The average molecular weight is 1790 g/mol. The minimum atomic E-state index is -2.61. The number of carbonyl (C=O) groups is 4. The van der Waals surface area contributed by atoms with Crippen molar-refractivity contribution in [3.05, 3.63) is 0 Å². The molecule has 122 heavy (non-hydrogen) atoms. The molecule has 706 valence electrons. The molecule has 0 unspecified atom stereocenters. The highest BCUT2D eigenvalue weighted by Gasteiger charge is 2.62. The Balaban J connectivity index is 0.974. The first kappa shape index (κ1) is 100. The van der Waals surface area contributed by atoms with E-state index in [1.54, 1.807) is 0 Å². The number of amides is 4. The van der Waals surface area contributed by atoms with Crippen molar-refractivity contribution in [2.45, 2.75) is 341 Å². The summed E-state index contributed by atoms with van der Waals surface area (Å²) in [5, 5.41) is 311. The Morgan fingerprint density at radius 2 is 0.484 bits per heavy atom. The van der Waals surface area contributed by atoms with Gasteiger partial charge in [-0.15, -0.1) is 0 Å². The fourth-order valence-corrected chi connectivity index (χ4v) is 15.9. The fourth-order valence-electron chi connectivity index (χ4n) is 15.9. The molecule has 54 nitrogen and oxygen atoms in total. The van der Waals surface area contributed by atoms with Crippen LogP contribution in [0.5, 0.6) is 0 Å². The van der Waals surface area contributed by atoms with Crippen molar-refractivity contribution in [3.63, 3.8) is 0 Å². The Morgan fingerprint density at radius 1 is 0.230 bits per heavy atom. The molecule has 0 aromatic carbocycles. The van der Waals surface area contributed by atoms with E-state index >= 15 is 0 Å². The number of hydrogen-bond acceptors (Lipinski definition) is 50. The summed E-state index contributed by atoms with van der Waals surface area (Å²) in [5.74, 6) is -3.71. The molecule has 10 saturated heterocycles. The van der Waals surface area contributed by atoms with Crippen LogP contribution in [0.15, 0.2) is 0 Å². The monoisotopic (exact) mass is 1790 g/mol. The van der Waals surface area contributed by atoms with Crippen molar-refractivity contribution in [1.82, 2.24) is 21.3 Å². The van der Waals surface area contributed by atoms with Crippen molar-refractivity contribution in [2.75, 3.05) is 59.5 Å². The molecular weight excluding hydrogens is 1670 g/mol. The zero-order chi connectivity index (χ0) is 89.8. The molecule has 0 spiro atoms. The molecular formula is C68H114N4O50. The molecule has 0 aromatic heterocycles. The van der Waals surface area contributed by atoms with E-state index in [0.717, 1.165) is 27.7 Å². The Labute approximate surface area is 691 Å². The van der Waals surface area contributed by atoms with Crippen molar-refractivity contribution < 1.29 is 247 Å². The molecule has 10 fully saturated rings. The Hall–Kier alpha value is -3.96. The van der Waals surface area contributed by atoms with Gasteiger partial charge in [-0.05, 0) is 6.92 Å². The SMILES string of the molecule is CC(=O)N[C@@H]1[C@@H](O)[C@H](O[C@@H]2O[C@H](CO)[C@@H](O[C@@H]3O[C@H](CO[C@H]4O[C@H](CO)[C@@H](O)[C@H](O)[C@@H]4O[C@@H]4O[C@H](CO)[C@@H](O[C@@H]5O[C@H](CO)[C@H](O)[C@H](O)[C@H]5O[C@@H]5O[C@@H](C)[C@@H](O)[C@@H](O)[C@@H]5O)[C@H](O)[C@H]4NC(C)=O)[C@@H](O)[C@H](O[C@H]4O[C@H](CO)[C@@H](O)[C@H](O)[C@@H]4O[C@@H]4O[C@H](CO)[C@@H](O[C@@H]5O[C@H](CO)[C@H](O)[C@H](O)[C@H]5O)[C@H](O)[C@H]4NC(C)=O)[C@@H]3O)[C@H](O)[C@H]2NC(C)=O)[C@@H](CO)O[C@H]1O. The van der Waals surface area contributed by atoms with Gasteiger partial charge in [0.2, 0.25) is 23.6 Å². The third kappa shape index (κ3) is 21.9. The molecule has 4 amide bonds. The van der Waals surface area contributed by atoms with Gasteiger partial charge in [0.25, 0.3) is 0 Å². The average Bonchev–Trinajstić information content (AvgIpc) is 0.759. The summed E-state index contributed by atoms with van der Waals surface area (Å²) < 4.78 is 113. The first-order valence-corrected chi connectivity index (χ1v) is 39.0. The van der Waals surface area contributed by atoms with E-state index in [-0.39, 0.29) is 0 Å². The molecule has 54 heteroatoms. The van der Waals surface area contributed by atoms with E-state index < -0.39 is 390 Å². The summed E-state index contributed by atoms with van der Waals surface area (Å²) in [6.45, 7) is -5.11. The maximum Gasteiger partial charge on any atom is 0.217 e. The second kappa shape index (κ2) is 43.6. The molecule has 0 radical (unpaired) electrons. The standard InChI is InChI=1S/C68H114N4O50/c1-15-33(85)43(95)48(100)63(105-15)122-58-47(99)37(89)22(8-75)109-67(58)118-54-27(13-80)113-61(32(42(54)94)72-19(5)84)120-56-45(97)35(87)21(7-74)108-66(56)104-14-28-38(90)55(50(102)65(114-28)117-53-26(12-79)111-60(30(40(53)92)70-17(3)82)115-51-24(10-77)106-59(103)29(39(51)91)69-16(2)81)119-68-57(46(98)36(88)23(9-76)110-68)121-62-31(71-18(4)83)41(93)52(25(11-78)112-62)116-64-49(101)44(96)34(86)20(6-73)107-64/h15,20-68,73-80,85-103H,6-14H2,1-5H3,(H,69,81)(H,70,82)(H,71,83)(H,72,84)/t15-,20+,21+,22+,23+,24+,25+,26+,27+,28+,29+,30+,31+,32+,33+,34-,35+,36+,37-,38+,39+,40+,41+,42+,43+,44-,45-,46-,47-,48-,49+,50-,51+,52+,53+,54+,55-,56-,57-,58+,59+,60-,61-,62-,63-,64-,65-,66-,67-,68+/m0/s1. The van der Waals surface area contributed by atoms with E-state index in [0.29, 0.717) is 0 Å². The minimum Gasteiger partial charge on any atom is -0.394 e. The van der Waals surface area contributed by atoms with Gasteiger partial charge in [-0.2, -0.15) is 0 Å². The summed E-state index contributed by atoms with van der Waals surface area (Å²) in [6, 6.07) is -7.58. The maximum atomic E-state index is 13.1. The van der Waals surface area contributed by atoms with Crippen LogP contribution in [-0.2, 0) is 109 Å². The van der Waals surface area contributed by atoms with Crippen LogP contribution in [0.25, 0.3) is 0 Å². The molecule has 10 aliphatic heterocycles. The van der Waals surface area contributed by atoms with Gasteiger partial charge in [-0.25, -0.2) is 0 Å². The van der Waals surface area contributed by atoms with Crippen LogP contribution in [0.1, 0.15) is 34.6 Å². The number of aliphatic hydroxyl groups excluding tert-OH is 27. The highest BCUT2D eigenvalue weighted by molar-refractivity contribution is 5.74. The Kier molecular flexibility index (Phi) is 35.8. The lowest BCUT2D eigenvalue weighted by Crippen LogP contribution is -2.71. The van der Waals surface area contributed by atoms with Crippen molar-refractivity contribution in [1.29, 1.82) is 0 Å². The molecule has 0 aliphatic carbocycles. The predicted molar refractivity (Wildman–Crippen MR) is 375 cm³/mol. The lowest BCUT2D eigenvalue weighted by atomic mass is 9.93. The first-order chi connectivity index (χ1) is 57.7. The topological polar surface area (TPSA) is 838 Å². The lowest BCUT2D eigenvalue weighted by Gasteiger charge is -2.51. The number of carbonyl (C=O) groups excluding carboxylic acids is 4. The van der Waals surface area contributed by atoms with Crippen LogP contribution >= 0.6 is 0 Å². The van der Waals surface area contributed by atoms with Crippen LogP contribution < -0.4 is 21.3 Å². The number of aliphatic hydroxyl groups is 27. The molecule has 0 aromatic rings. The van der Waals surface area contributed by atoms with E-state index in [1.165, 1.54) is 6.92 Å². The van der Waals surface area contributed by atoms with E-state index in [9.17, 15) is 157 Å². The highest BCUT2D eigenvalue weighted by Crippen LogP contribution is 2.41. The first-order valence-electron chi connectivity index (χ1n) is 39.0. The maximum absolute atomic E-state index is 13.1. The van der Waals surface area contributed by atoms with Crippen LogP contribution in [-0.4, -0.2) is 528 Å². The van der Waals surface area contributed by atoms with Crippen LogP contribution in [0.4, 0.5) is 0 Å². The van der Waals surface area contributed by atoms with Crippen molar-refractivity contribution in [3.8, 4) is 0 Å². The van der Waals surface area contributed by atoms with Gasteiger partial charge < -0.3 is 249 Å². The zero-order valence-electron chi connectivity index (χ0n) is 65.7. The summed E-state index contributed by atoms with van der Waals surface area (Å²) in [5.41, 5.74) is 0. The molecule has 10 aliphatic rings. The fraction of sp³-hybridized carbons (Fsp3) is 0.941. The molecule has 0 bridgehead atoms. The van der Waals surface area contributed by atoms with E-state index in [1.807, 2.05) is 0 Å². The Morgan fingerprint density at radius 3 is 0.861 bits per heavy atom. The van der Waals surface area contributed by atoms with Crippen molar-refractivity contribution >= 4 is 23.6 Å². The number of nitrogens with one attached hydrogen (secondary N) is 4. The number of hydrogen-bond donors (Lipinski definition) is 31. The lowest BCUT2D eigenvalue weighted by molar-refractivity contribution is -0.399. The van der Waals surface area contributed by atoms with Gasteiger partial charge in [0.15, 0.2) is 62.9 Å². The molecule has 31 N–H and O–H groups in total.